The largest absolute Gasteiger partial charge is 0.365 e. The van der Waals surface area contributed by atoms with Crippen molar-refractivity contribution in [2.24, 2.45) is 0 Å². The standard InChI is InChI=1S/C35H34Br2O2/c1-22(2)23-8-10-25(11-9-23)34(38-6)31-20-27(36)16-18-29(31)30-19-17-28(37)21-32(30)35(34,39-7)26-14-12-24(13-15-26)33(3,4)5/h8-21H,1H2,2-7H3. The third-order valence-corrected chi connectivity index (χ3v) is 9.05. The van der Waals surface area contributed by atoms with Gasteiger partial charge in [0.05, 0.1) is 0 Å². The number of hydrogen-bond donors (Lipinski definition) is 0. The van der Waals surface area contributed by atoms with Gasteiger partial charge in [0.15, 0.2) is 11.2 Å². The highest BCUT2D eigenvalue weighted by Crippen LogP contribution is 2.61. The lowest BCUT2D eigenvalue weighted by molar-refractivity contribution is -0.155. The summed E-state index contributed by atoms with van der Waals surface area (Å²) in [6, 6.07) is 30.3. The van der Waals surface area contributed by atoms with Crippen LogP contribution in [0.1, 0.15) is 61.1 Å². The van der Waals surface area contributed by atoms with Gasteiger partial charge in [0.1, 0.15) is 0 Å². The molecule has 2 atom stereocenters. The normalized spacial score (nSPS) is 20.3. The van der Waals surface area contributed by atoms with E-state index in [0.29, 0.717) is 0 Å². The first kappa shape index (κ1) is 28.0. The Morgan fingerprint density at radius 2 is 1.08 bits per heavy atom. The zero-order valence-corrected chi connectivity index (χ0v) is 26.5. The summed E-state index contributed by atoms with van der Waals surface area (Å²) < 4.78 is 15.6. The van der Waals surface area contributed by atoms with E-state index in [-0.39, 0.29) is 5.41 Å². The van der Waals surface area contributed by atoms with Crippen molar-refractivity contribution in [1.82, 2.24) is 0 Å². The topological polar surface area (TPSA) is 18.5 Å². The first-order valence-electron chi connectivity index (χ1n) is 13.1. The summed E-state index contributed by atoms with van der Waals surface area (Å²) in [5.74, 6) is 0. The number of halogens is 2. The van der Waals surface area contributed by atoms with Crippen LogP contribution in [0, 0.1) is 0 Å². The first-order valence-corrected chi connectivity index (χ1v) is 14.7. The molecule has 2 nitrogen and oxygen atoms in total. The van der Waals surface area contributed by atoms with Crippen molar-refractivity contribution in [2.45, 2.75) is 44.3 Å². The van der Waals surface area contributed by atoms with Gasteiger partial charge in [-0.05, 0) is 70.0 Å². The molecular formula is C35H34Br2O2. The average molecular weight is 646 g/mol. The molecule has 1 aliphatic carbocycles. The summed E-state index contributed by atoms with van der Waals surface area (Å²) >= 11 is 7.52. The van der Waals surface area contributed by atoms with E-state index < -0.39 is 11.2 Å². The van der Waals surface area contributed by atoms with Gasteiger partial charge in [0, 0.05) is 34.3 Å². The quantitative estimate of drug-likeness (QED) is 0.215. The number of hydrogen-bond acceptors (Lipinski definition) is 2. The van der Waals surface area contributed by atoms with Crippen LogP contribution >= 0.6 is 31.9 Å². The molecule has 4 aromatic carbocycles. The minimum Gasteiger partial charge on any atom is -0.365 e. The second-order valence-corrected chi connectivity index (χ2v) is 13.2. The van der Waals surface area contributed by atoms with Crippen LogP contribution < -0.4 is 0 Å². The highest BCUT2D eigenvalue weighted by Gasteiger charge is 2.61. The number of rotatable bonds is 5. The first-order chi connectivity index (χ1) is 18.5. The van der Waals surface area contributed by atoms with Crippen LogP contribution in [0.3, 0.4) is 0 Å². The van der Waals surface area contributed by atoms with Gasteiger partial charge in [0.25, 0.3) is 0 Å². The summed E-state index contributed by atoms with van der Waals surface area (Å²) in [6.07, 6.45) is 0. The van der Waals surface area contributed by atoms with Crippen molar-refractivity contribution in [1.29, 1.82) is 0 Å². The molecule has 0 radical (unpaired) electrons. The lowest BCUT2D eigenvalue weighted by atomic mass is 9.60. The summed E-state index contributed by atoms with van der Waals surface area (Å²) in [5, 5.41) is 0. The number of fused-ring (bicyclic) bond motifs is 3. The fourth-order valence-electron chi connectivity index (χ4n) is 6.12. The number of ether oxygens (including phenoxy) is 2. The van der Waals surface area contributed by atoms with Crippen LogP contribution in [0.2, 0.25) is 0 Å². The molecule has 0 saturated heterocycles. The molecule has 0 N–H and O–H groups in total. The Morgan fingerprint density at radius 3 is 1.44 bits per heavy atom. The van der Waals surface area contributed by atoms with E-state index in [1.54, 1.807) is 14.2 Å². The fourth-order valence-corrected chi connectivity index (χ4v) is 6.84. The van der Waals surface area contributed by atoms with Gasteiger partial charge in [-0.3, -0.25) is 0 Å². The van der Waals surface area contributed by atoms with E-state index in [0.717, 1.165) is 53.5 Å². The lowest BCUT2D eigenvalue weighted by Gasteiger charge is -2.54. The predicted octanol–water partition coefficient (Wildman–Crippen LogP) is 10.0. The van der Waals surface area contributed by atoms with Gasteiger partial charge in [-0.2, -0.15) is 0 Å². The average Bonchev–Trinajstić information content (AvgIpc) is 2.92. The maximum atomic E-state index is 6.83. The van der Waals surface area contributed by atoms with E-state index >= 15 is 0 Å². The number of allylic oxidation sites excluding steroid dienone is 1. The zero-order chi connectivity index (χ0) is 28.2. The van der Waals surface area contributed by atoms with Crippen molar-refractivity contribution >= 4 is 37.4 Å². The summed E-state index contributed by atoms with van der Waals surface area (Å²) in [6.45, 7) is 12.9. The molecule has 4 aromatic rings. The Balaban J connectivity index is 1.96. The molecule has 1 aliphatic rings. The van der Waals surface area contributed by atoms with E-state index in [9.17, 15) is 0 Å². The molecule has 0 bridgehead atoms. The molecule has 0 fully saturated rings. The highest BCUT2D eigenvalue weighted by atomic mass is 79.9. The van der Waals surface area contributed by atoms with E-state index in [1.807, 2.05) is 6.92 Å². The molecule has 0 saturated carbocycles. The molecular weight excluding hydrogens is 612 g/mol. The van der Waals surface area contributed by atoms with Crippen molar-refractivity contribution in [3.05, 3.63) is 134 Å². The van der Waals surface area contributed by atoms with Crippen molar-refractivity contribution in [3.8, 4) is 11.1 Å². The highest BCUT2D eigenvalue weighted by molar-refractivity contribution is 9.10. The molecule has 0 aliphatic heterocycles. The Hall–Kier alpha value is -2.50. The Labute approximate surface area is 249 Å². The van der Waals surface area contributed by atoms with Crippen LogP contribution in [0.5, 0.6) is 0 Å². The van der Waals surface area contributed by atoms with Crippen molar-refractivity contribution in [2.75, 3.05) is 14.2 Å². The molecule has 0 amide bonds. The summed E-state index contributed by atoms with van der Waals surface area (Å²) in [5.41, 5.74) is 7.74. The SMILES string of the molecule is C=C(C)c1ccc(C2(OC)c3cc(Br)ccc3-c3ccc(Br)cc3C2(OC)c2ccc(C(C)(C)C)cc2)cc1. The van der Waals surface area contributed by atoms with Crippen molar-refractivity contribution < 1.29 is 9.47 Å². The molecule has 5 rings (SSSR count). The number of benzene rings is 4. The second kappa shape index (κ2) is 10.2. The molecule has 4 heteroatoms. The van der Waals surface area contributed by atoms with Crippen LogP contribution in [0.25, 0.3) is 16.7 Å². The number of methoxy groups -OCH3 is 2. The lowest BCUT2D eigenvalue weighted by Crippen LogP contribution is -2.55. The maximum Gasteiger partial charge on any atom is 0.156 e. The van der Waals surface area contributed by atoms with Gasteiger partial charge in [-0.25, -0.2) is 0 Å². The summed E-state index contributed by atoms with van der Waals surface area (Å²) in [7, 11) is 3.58. The van der Waals surface area contributed by atoms with Crippen LogP contribution in [-0.4, -0.2) is 14.2 Å². The zero-order valence-electron chi connectivity index (χ0n) is 23.4. The third-order valence-electron chi connectivity index (χ3n) is 8.06. The predicted molar refractivity (Wildman–Crippen MR) is 169 cm³/mol. The van der Waals surface area contributed by atoms with Gasteiger partial charge in [0.2, 0.25) is 0 Å². The molecule has 0 spiro atoms. The Morgan fingerprint density at radius 1 is 0.667 bits per heavy atom. The summed E-state index contributed by atoms with van der Waals surface area (Å²) in [4.78, 5) is 0. The van der Waals surface area contributed by atoms with E-state index in [4.69, 9.17) is 9.47 Å². The molecule has 2 unspecified atom stereocenters. The second-order valence-electron chi connectivity index (χ2n) is 11.3. The van der Waals surface area contributed by atoms with Crippen LogP contribution in [0.15, 0.2) is 100 Å². The third kappa shape index (κ3) is 4.28. The maximum absolute atomic E-state index is 6.83. The Kier molecular flexibility index (Phi) is 7.30. The smallest absolute Gasteiger partial charge is 0.156 e. The van der Waals surface area contributed by atoms with E-state index in [1.165, 1.54) is 5.56 Å². The van der Waals surface area contributed by atoms with Crippen LogP contribution in [0.4, 0.5) is 0 Å². The molecule has 0 heterocycles. The van der Waals surface area contributed by atoms with Gasteiger partial charge in [-0.1, -0.05) is 125 Å². The van der Waals surface area contributed by atoms with Crippen LogP contribution in [-0.2, 0) is 26.1 Å². The van der Waals surface area contributed by atoms with E-state index in [2.05, 4.69) is 144 Å². The van der Waals surface area contributed by atoms with Gasteiger partial charge < -0.3 is 9.47 Å². The Bertz CT molecular complexity index is 1550. The molecule has 0 aromatic heterocycles. The van der Waals surface area contributed by atoms with Gasteiger partial charge >= 0.3 is 0 Å². The van der Waals surface area contributed by atoms with Gasteiger partial charge in [-0.15, -0.1) is 0 Å². The monoisotopic (exact) mass is 644 g/mol. The van der Waals surface area contributed by atoms with Crippen molar-refractivity contribution in [3.63, 3.8) is 0 Å². The minimum atomic E-state index is -1.01. The molecule has 39 heavy (non-hydrogen) atoms. The molecule has 200 valence electrons. The fraction of sp³-hybridized carbons (Fsp3) is 0.257. The minimum absolute atomic E-state index is 0.0282.